The number of halogens is 4. The normalized spacial score (nSPS) is 11.4. The molecule has 0 aromatic heterocycles. The van der Waals surface area contributed by atoms with E-state index in [1.165, 1.54) is 0 Å². The fraction of sp³-hybridized carbons (Fsp3) is 0.222. The van der Waals surface area contributed by atoms with Crippen LogP contribution in [0, 0.1) is 10.1 Å². The van der Waals surface area contributed by atoms with Gasteiger partial charge in [-0.05, 0) is 30.3 Å². The average Bonchev–Trinajstić information content (AvgIpc) is 2.72. The molecule has 0 aliphatic heterocycles. The summed E-state index contributed by atoms with van der Waals surface area (Å²) in [7, 11) is -8.22. The molecule has 2 rings (SSSR count). The van der Waals surface area contributed by atoms with E-state index in [1.807, 2.05) is 0 Å². The Hall–Kier alpha value is -2.36. The van der Waals surface area contributed by atoms with Crippen molar-refractivity contribution in [3.8, 4) is 11.5 Å². The predicted molar refractivity (Wildman–Crippen MR) is 134 cm³/mol. The number of benzene rings is 2. The van der Waals surface area contributed by atoms with Crippen LogP contribution >= 0.6 is 19.2 Å². The van der Waals surface area contributed by atoms with Crippen molar-refractivity contribution in [1.29, 1.82) is 0 Å². The molecule has 0 aliphatic rings. The molecular formula is C18H23ClF3N5NaO11PS. The third kappa shape index (κ3) is 16.6. The number of nitro groups is 1. The van der Waals surface area contributed by atoms with Crippen LogP contribution in [0.4, 0.5) is 18.9 Å². The summed E-state index contributed by atoms with van der Waals surface area (Å²) in [5.41, 5.74) is -2.43. The molecule has 0 saturated heterocycles. The maximum Gasteiger partial charge on any atom is 1.00 e. The molecule has 0 unspecified atom stereocenters. The zero-order valence-electron chi connectivity index (χ0n) is 21.2. The Balaban J connectivity index is -0.000000958. The summed E-state index contributed by atoms with van der Waals surface area (Å²) in [5, 5.41) is 32.7. The van der Waals surface area contributed by atoms with Crippen molar-refractivity contribution in [3.05, 3.63) is 62.7 Å². The second-order valence-electron chi connectivity index (χ2n) is 6.95. The second-order valence-corrected chi connectivity index (χ2v) is 10.7. The Kier molecular flexibility index (Phi) is 18.5. The number of nitrogens with zero attached hydrogens (tertiary/aromatic N) is 2. The van der Waals surface area contributed by atoms with E-state index in [-0.39, 0.29) is 53.4 Å². The zero-order chi connectivity index (χ0) is 29.5. The van der Waals surface area contributed by atoms with Crippen LogP contribution in [0.3, 0.4) is 0 Å². The number of carboxylic acid groups (broad SMARTS) is 1. The summed E-state index contributed by atoms with van der Waals surface area (Å²) in [6.45, 7) is -0.439. The van der Waals surface area contributed by atoms with Crippen molar-refractivity contribution in [2.75, 3.05) is 19.1 Å². The van der Waals surface area contributed by atoms with Crippen LogP contribution in [-0.4, -0.2) is 59.2 Å². The van der Waals surface area contributed by atoms with Gasteiger partial charge in [0.1, 0.15) is 11.5 Å². The maximum absolute atomic E-state index is 12.7. The summed E-state index contributed by atoms with van der Waals surface area (Å²) >= 11 is 5.76. The molecule has 0 saturated carbocycles. The Morgan fingerprint density at radius 3 is 2.17 bits per heavy atom. The van der Waals surface area contributed by atoms with Gasteiger partial charge in [0.25, 0.3) is 5.69 Å². The number of ether oxygens (including phenoxy) is 1. The molecule has 2 aromatic carbocycles. The van der Waals surface area contributed by atoms with Crippen molar-refractivity contribution >= 4 is 46.8 Å². The molecule has 16 nitrogen and oxygen atoms in total. The number of carbonyl (C=O) groups is 1. The van der Waals surface area contributed by atoms with Gasteiger partial charge in [0.2, 0.25) is 10.0 Å². The van der Waals surface area contributed by atoms with Gasteiger partial charge in [-0.15, -0.1) is 0 Å². The van der Waals surface area contributed by atoms with Crippen molar-refractivity contribution < 1.29 is 90.2 Å². The molecule has 23 heteroatoms. The molecule has 0 bridgehead atoms. The summed E-state index contributed by atoms with van der Waals surface area (Å²) in [4.78, 5) is 36.3. The Morgan fingerprint density at radius 1 is 1.20 bits per heavy atom. The number of nitro benzene ring substituents is 1. The first-order chi connectivity index (χ1) is 17.2. The standard InChI is InChI=1S/C15H10ClF3N2O6S.C3H8NO5P.2H3N.Na/c1-28(25,26)20-14(22)10-7-9(3-4-12(10)21(23)24)27-13-5-2-8(6-11(13)16)15(17,18)19;5-3(6)1-4-2-10(7,8)9;;;/h2-7H,1H3,(H,20,22);4H,1-2H2,(H,5,6)(H2,7,8,9);2*1H3;/q;;;;+1/p-1. The fourth-order valence-corrected chi connectivity index (χ4v) is 3.33. The monoisotopic (exact) mass is 663 g/mol. The first-order valence-corrected chi connectivity index (χ1v) is 13.5. The minimum atomic E-state index is -4.62. The molecule has 226 valence electrons. The Labute approximate surface area is 257 Å². The van der Waals surface area contributed by atoms with Crippen LogP contribution in [0.5, 0.6) is 11.5 Å². The first kappa shape index (κ1) is 43.1. The number of hydrogen-bond acceptors (Lipinski definition) is 11. The van der Waals surface area contributed by atoms with Gasteiger partial charge in [-0.25, -0.2) is 8.42 Å². The van der Waals surface area contributed by atoms with Gasteiger partial charge in [-0.1, -0.05) is 11.6 Å². The summed E-state index contributed by atoms with van der Waals surface area (Å²) in [5.74, 6) is -2.98. The topological polar surface area (TPSA) is 299 Å². The molecule has 0 radical (unpaired) electrons. The van der Waals surface area contributed by atoms with Gasteiger partial charge in [0, 0.05) is 12.0 Å². The van der Waals surface area contributed by atoms with Crippen LogP contribution in [0.1, 0.15) is 11.1 Å². The van der Waals surface area contributed by atoms with E-state index in [1.54, 1.807) is 0 Å². The Morgan fingerprint density at radius 2 is 1.76 bits per heavy atom. The zero-order valence-corrected chi connectivity index (χ0v) is 25.6. The van der Waals surface area contributed by atoms with E-state index in [4.69, 9.17) is 31.2 Å². The molecule has 10 N–H and O–H groups in total. The second kappa shape index (κ2) is 17.6. The Bertz CT molecular complexity index is 1390. The van der Waals surface area contributed by atoms with Gasteiger partial charge in [0.15, 0.2) is 0 Å². The van der Waals surface area contributed by atoms with E-state index in [2.05, 4.69) is 9.71 Å². The number of nitrogens with one attached hydrogen (secondary N) is 1. The number of hydrogen-bond donors (Lipinski definition) is 6. The molecular weight excluding hydrogens is 641 g/mol. The van der Waals surface area contributed by atoms with Gasteiger partial charge >= 0.3 is 49.3 Å². The molecule has 0 amide bonds. The molecule has 0 heterocycles. The molecule has 2 aromatic rings. The first-order valence-electron chi connectivity index (χ1n) is 9.47. The SMILES string of the molecule is CS(=O)(=O)/N=C(\[O-])c1cc(Oc2ccc(C(F)(F)F)cc2Cl)ccc1[N+](=O)[O-].N.N.O=C(O)CNCP(=O)(O)O.[Na+]. The number of aliphatic carboxylic acids is 1. The van der Waals surface area contributed by atoms with Crippen LogP contribution in [-0.2, 0) is 25.6 Å². The summed E-state index contributed by atoms with van der Waals surface area (Å²) < 4.78 is 78.4. The smallest absolute Gasteiger partial charge is 0.857 e. The largest absolute Gasteiger partial charge is 1.00 e. The molecule has 0 atom stereocenters. The number of rotatable bonds is 9. The summed E-state index contributed by atoms with van der Waals surface area (Å²) in [6.07, 6.45) is -4.60. The van der Waals surface area contributed by atoms with E-state index in [0.717, 1.165) is 24.3 Å². The van der Waals surface area contributed by atoms with Gasteiger partial charge in [-0.2, -0.15) is 17.6 Å². The third-order valence-corrected chi connectivity index (χ3v) is 5.15. The molecule has 0 aliphatic carbocycles. The van der Waals surface area contributed by atoms with Gasteiger partial charge in [-0.3, -0.25) is 24.8 Å². The quantitative estimate of drug-likeness (QED) is 0.0480. The van der Waals surface area contributed by atoms with Crippen molar-refractivity contribution in [2.24, 2.45) is 4.40 Å². The van der Waals surface area contributed by atoms with Crippen LogP contribution < -0.4 is 57.0 Å². The van der Waals surface area contributed by atoms with E-state index < -0.39 is 75.3 Å². The fourth-order valence-electron chi connectivity index (χ4n) is 2.30. The van der Waals surface area contributed by atoms with E-state index in [0.29, 0.717) is 18.4 Å². The maximum atomic E-state index is 12.7. The minimum Gasteiger partial charge on any atom is -0.857 e. The average molecular weight is 664 g/mol. The van der Waals surface area contributed by atoms with Gasteiger partial charge < -0.3 is 37.0 Å². The predicted octanol–water partition coefficient (Wildman–Crippen LogP) is -0.750. The van der Waals surface area contributed by atoms with E-state index >= 15 is 0 Å². The van der Waals surface area contributed by atoms with Crippen molar-refractivity contribution in [1.82, 2.24) is 17.6 Å². The minimum absolute atomic E-state index is 0. The van der Waals surface area contributed by atoms with Crippen LogP contribution in [0.2, 0.25) is 5.02 Å². The van der Waals surface area contributed by atoms with Crippen molar-refractivity contribution in [2.45, 2.75) is 6.18 Å². The third-order valence-electron chi connectivity index (χ3n) is 3.72. The number of sulfonamides is 1. The molecule has 0 fully saturated rings. The summed E-state index contributed by atoms with van der Waals surface area (Å²) in [6, 6.07) is 5.00. The molecule has 0 spiro atoms. The van der Waals surface area contributed by atoms with Crippen LogP contribution in [0.15, 0.2) is 40.8 Å². The number of carboxylic acids is 1. The van der Waals surface area contributed by atoms with Gasteiger partial charge in [0.05, 0.1) is 40.2 Å². The molecule has 41 heavy (non-hydrogen) atoms. The van der Waals surface area contributed by atoms with Crippen molar-refractivity contribution in [3.63, 3.8) is 0 Å². The van der Waals surface area contributed by atoms with E-state index in [9.17, 15) is 46.2 Å². The number of alkyl halides is 3. The van der Waals surface area contributed by atoms with Crippen LogP contribution in [0.25, 0.3) is 0 Å².